The number of aromatic amines is 1. The Morgan fingerprint density at radius 1 is 1.15 bits per heavy atom. The predicted octanol–water partition coefficient (Wildman–Crippen LogP) is 4.10. The highest BCUT2D eigenvalue weighted by Crippen LogP contribution is 2.31. The third-order valence-corrected chi connectivity index (χ3v) is 7.02. The fourth-order valence-corrected chi connectivity index (χ4v) is 5.06. The van der Waals surface area contributed by atoms with Gasteiger partial charge in [0.2, 0.25) is 5.91 Å². The number of likely N-dealkylation sites (tertiary alicyclic amines) is 1. The Morgan fingerprint density at radius 2 is 1.92 bits per heavy atom. The fraction of sp³-hybridized carbons (Fsp3) is 0.448. The summed E-state index contributed by atoms with van der Waals surface area (Å²) in [5.74, 6) is -0.540. The van der Waals surface area contributed by atoms with Crippen molar-refractivity contribution >= 4 is 28.5 Å². The number of amides is 3. The topological polar surface area (TPSA) is 94.7 Å². The van der Waals surface area contributed by atoms with Crippen molar-refractivity contribution in [2.24, 2.45) is 0 Å². The van der Waals surface area contributed by atoms with Crippen LogP contribution in [0, 0.1) is 5.82 Å². The normalized spacial score (nSPS) is 16.3. The molecule has 39 heavy (non-hydrogen) atoms. The maximum absolute atomic E-state index is 14.8. The number of nitrogens with one attached hydrogen (secondary N) is 1. The predicted molar refractivity (Wildman–Crippen MR) is 147 cm³/mol. The Balaban J connectivity index is 1.33. The number of carbonyl (C=O) groups excluding carboxylic acids is 2. The molecule has 2 aromatic heterocycles. The van der Waals surface area contributed by atoms with E-state index in [1.54, 1.807) is 40.9 Å². The van der Waals surface area contributed by atoms with E-state index >= 15 is 0 Å². The third-order valence-electron chi connectivity index (χ3n) is 7.02. The highest BCUT2D eigenvalue weighted by Gasteiger charge is 2.34. The van der Waals surface area contributed by atoms with Gasteiger partial charge in [-0.3, -0.25) is 4.79 Å². The first-order valence-electron chi connectivity index (χ1n) is 13.2. The van der Waals surface area contributed by atoms with Crippen LogP contribution >= 0.6 is 0 Å². The second kappa shape index (κ2) is 10.4. The SMILES string of the molecule is CN(C)C(=O)N1CC=C(c2cc3c(-c4ccc(F)c(CC(=O)N5CC(OC(C)(C)C)C5)c4)ncnc3[nH]2)CC1. The monoisotopic (exact) mass is 534 g/mol. The molecule has 4 heterocycles. The third kappa shape index (κ3) is 5.80. The highest BCUT2D eigenvalue weighted by atomic mass is 19.1. The molecule has 0 unspecified atom stereocenters. The summed E-state index contributed by atoms with van der Waals surface area (Å²) in [6, 6.07) is 6.77. The number of fused-ring (bicyclic) bond motifs is 1. The minimum atomic E-state index is -0.417. The minimum Gasteiger partial charge on any atom is -0.369 e. The lowest BCUT2D eigenvalue weighted by atomic mass is 10.0. The number of urea groups is 1. The van der Waals surface area contributed by atoms with E-state index in [2.05, 4.69) is 21.0 Å². The maximum atomic E-state index is 14.8. The van der Waals surface area contributed by atoms with E-state index in [1.807, 2.05) is 26.8 Å². The lowest BCUT2D eigenvalue weighted by molar-refractivity contribution is -0.156. The van der Waals surface area contributed by atoms with E-state index in [4.69, 9.17) is 4.74 Å². The summed E-state index contributed by atoms with van der Waals surface area (Å²) in [5, 5.41) is 0.814. The zero-order chi connectivity index (χ0) is 27.9. The quantitative estimate of drug-likeness (QED) is 0.532. The fourth-order valence-electron chi connectivity index (χ4n) is 5.06. The molecule has 3 aromatic rings. The van der Waals surface area contributed by atoms with Crippen LogP contribution in [0.3, 0.4) is 0 Å². The minimum absolute atomic E-state index is 0.00661. The van der Waals surface area contributed by atoms with Gasteiger partial charge in [0.25, 0.3) is 0 Å². The Morgan fingerprint density at radius 3 is 2.59 bits per heavy atom. The number of nitrogens with zero attached hydrogens (tertiary/aromatic N) is 5. The highest BCUT2D eigenvalue weighted by molar-refractivity contribution is 5.93. The van der Waals surface area contributed by atoms with Crippen LogP contribution in [0.1, 0.15) is 38.4 Å². The molecule has 10 heteroatoms. The molecule has 0 saturated carbocycles. The Kier molecular flexibility index (Phi) is 7.15. The standard InChI is InChI=1S/C29H35FN6O3/c1-29(2,3)39-21-15-36(16-21)25(37)13-20-12-19(6-7-23(20)30)26-22-14-24(33-27(22)32-17-31-26)18-8-10-35(11-9-18)28(38)34(4)5/h6-8,12,14,17,21H,9-11,13,15-16H2,1-5H3,(H,31,32,33). The van der Waals surface area contributed by atoms with Crippen molar-refractivity contribution in [3.8, 4) is 11.3 Å². The lowest BCUT2D eigenvalue weighted by Gasteiger charge is -2.42. The number of benzene rings is 1. The lowest BCUT2D eigenvalue weighted by Crippen LogP contribution is -2.57. The van der Waals surface area contributed by atoms with Gasteiger partial charge in [0.1, 0.15) is 17.8 Å². The van der Waals surface area contributed by atoms with Gasteiger partial charge < -0.3 is 24.4 Å². The molecular formula is C29H35FN6O3. The summed E-state index contributed by atoms with van der Waals surface area (Å²) in [6.45, 7) is 8.18. The molecule has 0 spiro atoms. The van der Waals surface area contributed by atoms with Gasteiger partial charge in [-0.25, -0.2) is 19.2 Å². The number of rotatable bonds is 5. The van der Waals surface area contributed by atoms with Crippen molar-refractivity contribution in [2.45, 2.75) is 45.3 Å². The first-order valence-corrected chi connectivity index (χ1v) is 13.2. The summed E-state index contributed by atoms with van der Waals surface area (Å²) in [6.07, 6.45) is 4.24. The molecular weight excluding hydrogens is 499 g/mol. The first kappa shape index (κ1) is 26.8. The number of aromatic nitrogens is 3. The van der Waals surface area contributed by atoms with Crippen molar-refractivity contribution in [3.05, 3.63) is 53.7 Å². The molecule has 1 saturated heterocycles. The van der Waals surface area contributed by atoms with E-state index in [1.165, 1.54) is 12.4 Å². The van der Waals surface area contributed by atoms with E-state index in [0.29, 0.717) is 43.1 Å². The molecule has 0 aliphatic carbocycles. The molecule has 3 amide bonds. The van der Waals surface area contributed by atoms with Crippen molar-refractivity contribution in [1.82, 2.24) is 29.7 Å². The first-order chi connectivity index (χ1) is 18.5. The summed E-state index contributed by atoms with van der Waals surface area (Å²) in [4.78, 5) is 42.5. The van der Waals surface area contributed by atoms with E-state index in [9.17, 15) is 14.0 Å². The van der Waals surface area contributed by atoms with Gasteiger partial charge in [0, 0.05) is 56.9 Å². The summed E-state index contributed by atoms with van der Waals surface area (Å²) < 4.78 is 20.7. The van der Waals surface area contributed by atoms with Crippen LogP contribution in [0.4, 0.5) is 9.18 Å². The molecule has 0 atom stereocenters. The van der Waals surface area contributed by atoms with Crippen LogP contribution in [0.5, 0.6) is 0 Å². The Hall–Kier alpha value is -3.79. The molecule has 2 aliphatic heterocycles. The number of H-pyrrole nitrogens is 1. The van der Waals surface area contributed by atoms with E-state index in [-0.39, 0.29) is 30.1 Å². The van der Waals surface area contributed by atoms with Crippen molar-refractivity contribution < 1.29 is 18.7 Å². The summed E-state index contributed by atoms with van der Waals surface area (Å²) >= 11 is 0. The molecule has 1 N–H and O–H groups in total. The van der Waals surface area contributed by atoms with Gasteiger partial charge >= 0.3 is 6.03 Å². The number of halogens is 1. The van der Waals surface area contributed by atoms with Crippen molar-refractivity contribution in [3.63, 3.8) is 0 Å². The number of carbonyl (C=O) groups is 2. The van der Waals surface area contributed by atoms with Gasteiger partial charge in [0.05, 0.1) is 23.8 Å². The zero-order valence-electron chi connectivity index (χ0n) is 23.1. The smallest absolute Gasteiger partial charge is 0.319 e. The Bertz CT molecular complexity index is 1430. The zero-order valence-corrected chi connectivity index (χ0v) is 23.1. The molecule has 0 radical (unpaired) electrons. The largest absolute Gasteiger partial charge is 0.369 e. The van der Waals surface area contributed by atoms with Crippen molar-refractivity contribution in [2.75, 3.05) is 40.3 Å². The molecule has 1 fully saturated rings. The molecule has 1 aromatic carbocycles. The number of hydrogen-bond donors (Lipinski definition) is 1. The van der Waals surface area contributed by atoms with Gasteiger partial charge in [0.15, 0.2) is 0 Å². The second-order valence-electron chi connectivity index (χ2n) is 11.4. The molecule has 9 nitrogen and oxygen atoms in total. The average Bonchev–Trinajstić information content (AvgIpc) is 3.31. The van der Waals surface area contributed by atoms with Crippen LogP contribution in [-0.2, 0) is 16.0 Å². The van der Waals surface area contributed by atoms with E-state index in [0.717, 1.165) is 28.6 Å². The van der Waals surface area contributed by atoms with Gasteiger partial charge in [-0.2, -0.15) is 0 Å². The number of ether oxygens (including phenoxy) is 1. The van der Waals surface area contributed by atoms with Crippen LogP contribution < -0.4 is 0 Å². The molecule has 206 valence electrons. The maximum Gasteiger partial charge on any atom is 0.319 e. The van der Waals surface area contributed by atoms with Gasteiger partial charge in [-0.1, -0.05) is 6.08 Å². The van der Waals surface area contributed by atoms with Crippen molar-refractivity contribution in [1.29, 1.82) is 0 Å². The average molecular weight is 535 g/mol. The van der Waals surface area contributed by atoms with Crippen LogP contribution in [-0.4, -0.2) is 93.6 Å². The molecule has 0 bridgehead atoms. The van der Waals surface area contributed by atoms with Gasteiger partial charge in [-0.15, -0.1) is 0 Å². The second-order valence-corrected chi connectivity index (χ2v) is 11.4. The molecule has 5 rings (SSSR count). The molecule has 2 aliphatic rings. The summed E-state index contributed by atoms with van der Waals surface area (Å²) in [5.41, 5.74) is 4.16. The van der Waals surface area contributed by atoms with Crippen LogP contribution in [0.15, 0.2) is 36.7 Å². The number of hydrogen-bond acceptors (Lipinski definition) is 5. The van der Waals surface area contributed by atoms with Crippen LogP contribution in [0.2, 0.25) is 0 Å². The Labute approximate surface area is 227 Å². The van der Waals surface area contributed by atoms with E-state index < -0.39 is 5.82 Å². The summed E-state index contributed by atoms with van der Waals surface area (Å²) in [7, 11) is 3.50. The van der Waals surface area contributed by atoms with Crippen LogP contribution in [0.25, 0.3) is 27.9 Å². The van der Waals surface area contributed by atoms with Gasteiger partial charge in [-0.05, 0) is 62.6 Å².